The number of carboxylic acids is 1. The van der Waals surface area contributed by atoms with E-state index in [-0.39, 0.29) is 17.7 Å². The van der Waals surface area contributed by atoms with Crippen LogP contribution < -0.4 is 4.74 Å². The van der Waals surface area contributed by atoms with Crippen LogP contribution in [-0.2, 0) is 4.79 Å². The molecule has 0 heterocycles. The number of rotatable bonds is 3. The second-order valence-corrected chi connectivity index (χ2v) is 3.67. The summed E-state index contributed by atoms with van der Waals surface area (Å²) in [5.74, 6) is -1.11. The van der Waals surface area contributed by atoms with Gasteiger partial charge in [0, 0.05) is 12.0 Å². The first kappa shape index (κ1) is 9.96. The molecule has 0 amide bonds. The average molecular weight is 210 g/mol. The molecule has 1 fully saturated rings. The fraction of sp³-hybridized carbons (Fsp3) is 0.364. The van der Waals surface area contributed by atoms with Crippen LogP contribution in [0.25, 0.3) is 0 Å². The largest absolute Gasteiger partial charge is 0.496 e. The van der Waals surface area contributed by atoms with Crippen molar-refractivity contribution in [2.45, 2.75) is 12.3 Å². The molecule has 2 atom stereocenters. The standard InChI is InChI=1S/C11H11FO3/c1-15-10-4-6(12)2-3-7(10)8-5-9(8)11(13)14/h2-4,8-9H,5H2,1H3,(H,13,14). The molecule has 1 aliphatic rings. The van der Waals surface area contributed by atoms with E-state index in [4.69, 9.17) is 9.84 Å². The van der Waals surface area contributed by atoms with Crippen molar-refractivity contribution < 1.29 is 19.0 Å². The van der Waals surface area contributed by atoms with Crippen molar-refractivity contribution in [3.63, 3.8) is 0 Å². The summed E-state index contributed by atoms with van der Waals surface area (Å²) in [4.78, 5) is 10.7. The van der Waals surface area contributed by atoms with E-state index in [1.807, 2.05) is 0 Å². The lowest BCUT2D eigenvalue weighted by Gasteiger charge is -2.07. The van der Waals surface area contributed by atoms with Crippen LogP contribution in [0.1, 0.15) is 17.9 Å². The molecule has 2 unspecified atom stereocenters. The fourth-order valence-corrected chi connectivity index (χ4v) is 1.80. The topological polar surface area (TPSA) is 46.5 Å². The third-order valence-electron chi connectivity index (χ3n) is 2.70. The predicted octanol–water partition coefficient (Wildman–Crippen LogP) is 2.02. The lowest BCUT2D eigenvalue weighted by atomic mass is 10.1. The fourth-order valence-electron chi connectivity index (χ4n) is 1.80. The highest BCUT2D eigenvalue weighted by atomic mass is 19.1. The zero-order valence-corrected chi connectivity index (χ0v) is 8.24. The smallest absolute Gasteiger partial charge is 0.307 e. The Labute approximate surface area is 86.5 Å². The Hall–Kier alpha value is -1.58. The maximum Gasteiger partial charge on any atom is 0.307 e. The number of hydrogen-bond donors (Lipinski definition) is 1. The van der Waals surface area contributed by atoms with Gasteiger partial charge in [-0.05, 0) is 18.1 Å². The Bertz CT molecular complexity index is 403. The molecule has 3 nitrogen and oxygen atoms in total. The van der Waals surface area contributed by atoms with Crippen LogP contribution in [0.15, 0.2) is 18.2 Å². The SMILES string of the molecule is COc1cc(F)ccc1C1CC1C(=O)O. The maximum atomic E-state index is 12.9. The predicted molar refractivity (Wildman–Crippen MR) is 51.4 cm³/mol. The Balaban J connectivity index is 2.26. The molecule has 1 aromatic rings. The molecular formula is C11H11FO3. The number of ether oxygens (including phenoxy) is 1. The average Bonchev–Trinajstić information content (AvgIpc) is 2.97. The summed E-state index contributed by atoms with van der Waals surface area (Å²) in [6.45, 7) is 0. The summed E-state index contributed by atoms with van der Waals surface area (Å²) >= 11 is 0. The van der Waals surface area contributed by atoms with Crippen molar-refractivity contribution in [1.29, 1.82) is 0 Å². The van der Waals surface area contributed by atoms with Gasteiger partial charge in [-0.3, -0.25) is 4.79 Å². The van der Waals surface area contributed by atoms with Crippen molar-refractivity contribution in [3.8, 4) is 5.75 Å². The van der Waals surface area contributed by atoms with Crippen LogP contribution in [0.4, 0.5) is 4.39 Å². The molecule has 1 N–H and O–H groups in total. The maximum absolute atomic E-state index is 12.9. The van der Waals surface area contributed by atoms with Crippen LogP contribution in [0.5, 0.6) is 5.75 Å². The van der Waals surface area contributed by atoms with Gasteiger partial charge in [0.1, 0.15) is 11.6 Å². The highest BCUT2D eigenvalue weighted by molar-refractivity contribution is 5.75. The Morgan fingerprint density at radius 1 is 1.60 bits per heavy atom. The van der Waals surface area contributed by atoms with Crippen LogP contribution in [0, 0.1) is 11.7 Å². The van der Waals surface area contributed by atoms with Crippen molar-refractivity contribution in [2.75, 3.05) is 7.11 Å². The highest BCUT2D eigenvalue weighted by Gasteiger charge is 2.45. The van der Waals surface area contributed by atoms with Crippen LogP contribution in [-0.4, -0.2) is 18.2 Å². The van der Waals surface area contributed by atoms with E-state index in [9.17, 15) is 9.18 Å². The Morgan fingerprint density at radius 3 is 2.87 bits per heavy atom. The van der Waals surface area contributed by atoms with E-state index in [0.29, 0.717) is 12.2 Å². The second kappa shape index (κ2) is 3.53. The number of carbonyl (C=O) groups is 1. The van der Waals surface area contributed by atoms with Gasteiger partial charge in [0.2, 0.25) is 0 Å². The monoisotopic (exact) mass is 210 g/mol. The first-order chi connectivity index (χ1) is 7.13. The molecule has 80 valence electrons. The van der Waals surface area contributed by atoms with Crippen molar-refractivity contribution >= 4 is 5.97 Å². The van der Waals surface area contributed by atoms with Gasteiger partial charge in [0.15, 0.2) is 0 Å². The molecule has 2 rings (SSSR count). The lowest BCUT2D eigenvalue weighted by Crippen LogP contribution is -2.00. The van der Waals surface area contributed by atoms with Gasteiger partial charge in [-0.25, -0.2) is 4.39 Å². The number of hydrogen-bond acceptors (Lipinski definition) is 2. The van der Waals surface area contributed by atoms with Gasteiger partial charge in [0.05, 0.1) is 13.0 Å². The summed E-state index contributed by atoms with van der Waals surface area (Å²) in [6, 6.07) is 4.21. The lowest BCUT2D eigenvalue weighted by molar-refractivity contribution is -0.138. The van der Waals surface area contributed by atoms with Gasteiger partial charge in [-0.1, -0.05) is 6.07 Å². The molecule has 0 spiro atoms. The molecule has 0 bridgehead atoms. The minimum Gasteiger partial charge on any atom is -0.496 e. The van der Waals surface area contributed by atoms with Crippen LogP contribution in [0.2, 0.25) is 0 Å². The summed E-state index contributed by atoms with van der Waals surface area (Å²) in [5, 5.41) is 8.79. The minimum absolute atomic E-state index is 0.0296. The van der Waals surface area contributed by atoms with Crippen molar-refractivity contribution in [2.24, 2.45) is 5.92 Å². The summed E-state index contributed by atoms with van der Waals surface area (Å²) in [5.41, 5.74) is 0.784. The van der Waals surface area contributed by atoms with E-state index in [1.54, 1.807) is 6.07 Å². The molecule has 4 heteroatoms. The third kappa shape index (κ3) is 1.79. The number of aliphatic carboxylic acids is 1. The van der Waals surface area contributed by atoms with E-state index in [1.165, 1.54) is 19.2 Å². The van der Waals surface area contributed by atoms with Crippen LogP contribution in [0.3, 0.4) is 0 Å². The second-order valence-electron chi connectivity index (χ2n) is 3.67. The van der Waals surface area contributed by atoms with E-state index in [2.05, 4.69) is 0 Å². The first-order valence-corrected chi connectivity index (χ1v) is 4.69. The Morgan fingerprint density at radius 2 is 2.33 bits per heavy atom. The summed E-state index contributed by atoms with van der Waals surface area (Å²) < 4.78 is 17.9. The molecule has 0 aliphatic heterocycles. The molecule has 1 aromatic carbocycles. The van der Waals surface area contributed by atoms with Gasteiger partial charge < -0.3 is 9.84 Å². The van der Waals surface area contributed by atoms with Gasteiger partial charge in [0.25, 0.3) is 0 Å². The number of carboxylic acid groups (broad SMARTS) is 1. The molecule has 1 aliphatic carbocycles. The van der Waals surface area contributed by atoms with Crippen molar-refractivity contribution in [1.82, 2.24) is 0 Å². The molecule has 0 saturated heterocycles. The van der Waals surface area contributed by atoms with Crippen molar-refractivity contribution in [3.05, 3.63) is 29.6 Å². The van der Waals surface area contributed by atoms with Gasteiger partial charge in [-0.15, -0.1) is 0 Å². The number of benzene rings is 1. The molecule has 1 saturated carbocycles. The Kier molecular flexibility index (Phi) is 2.34. The summed E-state index contributed by atoms with van der Waals surface area (Å²) in [7, 11) is 1.45. The number of methoxy groups -OCH3 is 1. The van der Waals surface area contributed by atoms with E-state index >= 15 is 0 Å². The molecular weight excluding hydrogens is 199 g/mol. The number of halogens is 1. The zero-order chi connectivity index (χ0) is 11.0. The summed E-state index contributed by atoms with van der Waals surface area (Å²) in [6.07, 6.45) is 0.608. The quantitative estimate of drug-likeness (QED) is 0.830. The van der Waals surface area contributed by atoms with Gasteiger partial charge >= 0.3 is 5.97 Å². The molecule has 0 radical (unpaired) electrons. The van der Waals surface area contributed by atoms with E-state index in [0.717, 1.165) is 5.56 Å². The van der Waals surface area contributed by atoms with E-state index < -0.39 is 5.97 Å². The zero-order valence-electron chi connectivity index (χ0n) is 8.24. The molecule has 0 aromatic heterocycles. The first-order valence-electron chi connectivity index (χ1n) is 4.69. The highest BCUT2D eigenvalue weighted by Crippen LogP contribution is 2.50. The third-order valence-corrected chi connectivity index (χ3v) is 2.70. The molecule has 15 heavy (non-hydrogen) atoms. The minimum atomic E-state index is -0.800. The van der Waals surface area contributed by atoms with Crippen LogP contribution >= 0.6 is 0 Å². The normalized spacial score (nSPS) is 23.6. The van der Waals surface area contributed by atoms with Gasteiger partial charge in [-0.2, -0.15) is 0 Å².